The number of piperazine rings is 1. The Bertz CT molecular complexity index is 1210. The Kier molecular flexibility index (Phi) is 4.66. The lowest BCUT2D eigenvalue weighted by Crippen LogP contribution is -2.43. The molecule has 0 bridgehead atoms. The zero-order chi connectivity index (χ0) is 20.7. The van der Waals surface area contributed by atoms with Gasteiger partial charge >= 0.3 is 0 Å². The van der Waals surface area contributed by atoms with E-state index in [2.05, 4.69) is 35.8 Å². The van der Waals surface area contributed by atoms with E-state index >= 15 is 0 Å². The molecule has 0 aliphatic carbocycles. The lowest BCUT2D eigenvalue weighted by Gasteiger charge is -2.29. The summed E-state index contributed by atoms with van der Waals surface area (Å²) in [5, 5.41) is 15.7. The van der Waals surface area contributed by atoms with Gasteiger partial charge in [-0.05, 0) is 44.2 Å². The molecule has 0 saturated carbocycles. The SMILES string of the molecule is CC(C)n1nnc2ccc3cnc(Nc4ccc(N5CCNCC5)cc4F)nc3c21. The first kappa shape index (κ1) is 18.7. The number of anilines is 3. The number of halogens is 1. The lowest BCUT2D eigenvalue weighted by atomic mass is 10.2. The van der Waals surface area contributed by atoms with E-state index in [-0.39, 0.29) is 11.9 Å². The average Bonchev–Trinajstić information content (AvgIpc) is 3.21. The average molecular weight is 406 g/mol. The quantitative estimate of drug-likeness (QED) is 0.538. The maximum Gasteiger partial charge on any atom is 0.227 e. The van der Waals surface area contributed by atoms with Crippen molar-refractivity contribution in [2.45, 2.75) is 19.9 Å². The molecule has 0 atom stereocenters. The van der Waals surface area contributed by atoms with E-state index in [9.17, 15) is 4.39 Å². The molecule has 3 heterocycles. The highest BCUT2D eigenvalue weighted by Gasteiger charge is 2.15. The molecule has 1 saturated heterocycles. The minimum absolute atomic E-state index is 0.141. The van der Waals surface area contributed by atoms with Crippen molar-refractivity contribution in [1.82, 2.24) is 30.3 Å². The van der Waals surface area contributed by atoms with Crippen LogP contribution < -0.4 is 15.5 Å². The third kappa shape index (κ3) is 3.30. The van der Waals surface area contributed by atoms with Crippen LogP contribution in [-0.4, -0.2) is 51.1 Å². The molecule has 5 rings (SSSR count). The Morgan fingerprint density at radius 3 is 2.73 bits per heavy atom. The summed E-state index contributed by atoms with van der Waals surface area (Å²) in [4.78, 5) is 11.2. The van der Waals surface area contributed by atoms with Gasteiger partial charge in [-0.3, -0.25) is 0 Å². The van der Waals surface area contributed by atoms with Crippen LogP contribution in [0.25, 0.3) is 21.9 Å². The first-order valence-electron chi connectivity index (χ1n) is 10.1. The fourth-order valence-corrected chi connectivity index (χ4v) is 3.79. The van der Waals surface area contributed by atoms with Gasteiger partial charge in [-0.25, -0.2) is 19.0 Å². The van der Waals surface area contributed by atoms with Crippen molar-refractivity contribution < 1.29 is 4.39 Å². The maximum atomic E-state index is 14.8. The summed E-state index contributed by atoms with van der Waals surface area (Å²) in [5.41, 5.74) is 3.58. The van der Waals surface area contributed by atoms with Crippen LogP contribution in [0, 0.1) is 5.82 Å². The number of rotatable bonds is 4. The van der Waals surface area contributed by atoms with Crippen LogP contribution in [0.2, 0.25) is 0 Å². The van der Waals surface area contributed by atoms with Crippen LogP contribution in [0.3, 0.4) is 0 Å². The van der Waals surface area contributed by atoms with E-state index in [1.165, 1.54) is 0 Å². The van der Waals surface area contributed by atoms with E-state index < -0.39 is 0 Å². The van der Waals surface area contributed by atoms with Crippen LogP contribution >= 0.6 is 0 Å². The van der Waals surface area contributed by atoms with Crippen LogP contribution in [0.1, 0.15) is 19.9 Å². The van der Waals surface area contributed by atoms with E-state index in [1.54, 1.807) is 18.3 Å². The van der Waals surface area contributed by atoms with E-state index in [0.29, 0.717) is 11.6 Å². The first-order valence-corrected chi connectivity index (χ1v) is 10.1. The molecule has 0 radical (unpaired) electrons. The standard InChI is InChI=1S/C21H23FN8/c1-13(2)30-20-18(27-28-30)5-3-14-12-24-21(26-19(14)20)25-17-6-4-15(11-16(17)22)29-9-7-23-8-10-29/h3-6,11-13,23H,7-10H2,1-2H3,(H,24,25,26). The van der Waals surface area contributed by atoms with Gasteiger partial charge in [-0.2, -0.15) is 0 Å². The van der Waals surface area contributed by atoms with E-state index in [0.717, 1.165) is 53.8 Å². The molecule has 0 unspecified atom stereocenters. The highest BCUT2D eigenvalue weighted by Crippen LogP contribution is 2.27. The highest BCUT2D eigenvalue weighted by atomic mass is 19.1. The second-order valence-electron chi connectivity index (χ2n) is 7.72. The zero-order valence-electron chi connectivity index (χ0n) is 16.9. The summed E-state index contributed by atoms with van der Waals surface area (Å²) in [6.07, 6.45) is 1.73. The molecule has 2 N–H and O–H groups in total. The van der Waals surface area contributed by atoms with Gasteiger partial charge in [0.2, 0.25) is 5.95 Å². The zero-order valence-corrected chi connectivity index (χ0v) is 16.9. The van der Waals surface area contributed by atoms with Crippen LogP contribution in [0.15, 0.2) is 36.5 Å². The first-order chi connectivity index (χ1) is 14.6. The molecular weight excluding hydrogens is 383 g/mol. The lowest BCUT2D eigenvalue weighted by molar-refractivity contribution is 0.531. The molecule has 1 aliphatic rings. The number of hydrogen-bond acceptors (Lipinski definition) is 7. The van der Waals surface area contributed by atoms with Crippen molar-refractivity contribution in [3.63, 3.8) is 0 Å². The van der Waals surface area contributed by atoms with Gasteiger partial charge in [-0.15, -0.1) is 5.10 Å². The maximum absolute atomic E-state index is 14.8. The van der Waals surface area contributed by atoms with Crippen LogP contribution in [0.4, 0.5) is 21.7 Å². The number of nitrogens with zero attached hydrogens (tertiary/aromatic N) is 6. The molecule has 0 spiro atoms. The van der Waals surface area contributed by atoms with Gasteiger partial charge in [0.25, 0.3) is 0 Å². The Hall–Kier alpha value is -3.33. The van der Waals surface area contributed by atoms with Gasteiger partial charge < -0.3 is 15.5 Å². The largest absolute Gasteiger partial charge is 0.369 e. The fourth-order valence-electron chi connectivity index (χ4n) is 3.79. The van der Waals surface area contributed by atoms with Crippen molar-refractivity contribution in [1.29, 1.82) is 0 Å². The van der Waals surface area contributed by atoms with Gasteiger partial charge in [0.1, 0.15) is 22.4 Å². The third-order valence-corrected chi connectivity index (χ3v) is 5.35. The highest BCUT2D eigenvalue weighted by molar-refractivity contribution is 6.01. The Labute approximate surface area is 173 Å². The van der Waals surface area contributed by atoms with Gasteiger partial charge in [0.15, 0.2) is 0 Å². The second kappa shape index (κ2) is 7.49. The molecule has 2 aromatic heterocycles. The number of benzene rings is 2. The number of hydrogen-bond donors (Lipinski definition) is 2. The van der Waals surface area contributed by atoms with Crippen molar-refractivity contribution in [2.75, 3.05) is 36.4 Å². The smallest absolute Gasteiger partial charge is 0.227 e. The van der Waals surface area contributed by atoms with Crippen LogP contribution in [0.5, 0.6) is 0 Å². The van der Waals surface area contributed by atoms with E-state index in [4.69, 9.17) is 0 Å². The molecule has 1 fully saturated rings. The Morgan fingerprint density at radius 1 is 1.13 bits per heavy atom. The summed E-state index contributed by atoms with van der Waals surface area (Å²) in [5.74, 6) is 0.00200. The predicted octanol–water partition coefficient (Wildman–Crippen LogP) is 3.25. The normalized spacial score (nSPS) is 14.7. The molecule has 30 heavy (non-hydrogen) atoms. The molecule has 8 nitrogen and oxygen atoms in total. The number of aromatic nitrogens is 5. The predicted molar refractivity (Wildman–Crippen MR) is 116 cm³/mol. The summed E-state index contributed by atoms with van der Waals surface area (Å²) in [6, 6.07) is 9.19. The fraction of sp³-hybridized carbons (Fsp3) is 0.333. The summed E-state index contributed by atoms with van der Waals surface area (Å²) >= 11 is 0. The van der Waals surface area contributed by atoms with Crippen molar-refractivity contribution in [3.05, 3.63) is 42.3 Å². The molecule has 1 aliphatic heterocycles. The third-order valence-electron chi connectivity index (χ3n) is 5.35. The van der Waals surface area contributed by atoms with Crippen molar-refractivity contribution in [2.24, 2.45) is 0 Å². The summed E-state index contributed by atoms with van der Waals surface area (Å²) in [6.45, 7) is 7.64. The van der Waals surface area contributed by atoms with Crippen LogP contribution in [-0.2, 0) is 0 Å². The van der Waals surface area contributed by atoms with Gasteiger partial charge in [0.05, 0.1) is 5.69 Å². The molecular formula is C21H23FN8. The molecule has 2 aromatic carbocycles. The number of fused-ring (bicyclic) bond motifs is 3. The molecule has 154 valence electrons. The van der Waals surface area contributed by atoms with Gasteiger partial charge in [0, 0.05) is 49.5 Å². The molecule has 4 aromatic rings. The topological polar surface area (TPSA) is 83.8 Å². The molecule has 9 heteroatoms. The minimum atomic E-state index is -0.332. The Balaban J connectivity index is 1.49. The minimum Gasteiger partial charge on any atom is -0.369 e. The van der Waals surface area contributed by atoms with Crippen molar-refractivity contribution >= 4 is 39.3 Å². The van der Waals surface area contributed by atoms with Crippen molar-refractivity contribution in [3.8, 4) is 0 Å². The monoisotopic (exact) mass is 406 g/mol. The van der Waals surface area contributed by atoms with Gasteiger partial charge in [-0.1, -0.05) is 5.21 Å². The molecule has 0 amide bonds. The van der Waals surface area contributed by atoms with E-state index in [1.807, 2.05) is 36.7 Å². The summed E-state index contributed by atoms with van der Waals surface area (Å²) < 4.78 is 16.6. The second-order valence-corrected chi connectivity index (χ2v) is 7.72. The summed E-state index contributed by atoms with van der Waals surface area (Å²) in [7, 11) is 0. The number of nitrogens with one attached hydrogen (secondary N) is 2. The Morgan fingerprint density at radius 2 is 1.97 bits per heavy atom.